The van der Waals surface area contributed by atoms with Gasteiger partial charge in [-0.3, -0.25) is 0 Å². The third kappa shape index (κ3) is 6.41. The van der Waals surface area contributed by atoms with E-state index < -0.39 is 9.04 Å². The molecule has 0 unspecified atom stereocenters. The minimum absolute atomic E-state index is 0. The zero-order valence-corrected chi connectivity index (χ0v) is 14.7. The van der Waals surface area contributed by atoms with E-state index in [9.17, 15) is 0 Å². The van der Waals surface area contributed by atoms with Crippen LogP contribution in [0, 0.1) is 0 Å². The van der Waals surface area contributed by atoms with Crippen molar-refractivity contribution in [1.29, 1.82) is 0 Å². The van der Waals surface area contributed by atoms with E-state index in [4.69, 9.17) is 6.92 Å². The Kier molecular flexibility index (Phi) is 11.5. The molecule has 0 spiro atoms. The Labute approximate surface area is 127 Å². The van der Waals surface area contributed by atoms with Gasteiger partial charge in [-0.2, -0.15) is 0 Å². The summed E-state index contributed by atoms with van der Waals surface area (Å²) in [5.74, 6) is 1.12. The average Bonchev–Trinajstić information content (AvgIpc) is 2.64. The molecule has 1 aromatic rings. The van der Waals surface area contributed by atoms with Crippen molar-refractivity contribution in [2.45, 2.75) is 26.4 Å². The number of furan rings is 1. The predicted molar refractivity (Wildman–Crippen MR) is 56.0 cm³/mol. The number of rotatable bonds is 1. The first-order valence-electron chi connectivity index (χ1n) is 4.69. The second kappa shape index (κ2) is 9.67. The third-order valence-electron chi connectivity index (χ3n) is 1.86. The second-order valence-electron chi connectivity index (χ2n) is 3.63. The van der Waals surface area contributed by atoms with Gasteiger partial charge < -0.3 is 29.2 Å². The van der Waals surface area contributed by atoms with Crippen LogP contribution >= 0.6 is 0 Å². The maximum atomic E-state index is 5.19. The predicted octanol–water partition coefficient (Wildman–Crippen LogP) is -3.30. The summed E-state index contributed by atoms with van der Waals surface area (Å²) in [4.78, 5) is 0. The van der Waals surface area contributed by atoms with Gasteiger partial charge in [0.1, 0.15) is 5.76 Å². The Morgan fingerprint density at radius 1 is 1.38 bits per heavy atom. The van der Waals surface area contributed by atoms with Gasteiger partial charge >= 0.3 is 49.8 Å². The Bertz CT molecular complexity index is 326. The van der Waals surface area contributed by atoms with Crippen LogP contribution in [0.1, 0.15) is 18.2 Å². The molecule has 0 N–H and O–H groups in total. The molecule has 0 aliphatic heterocycles. The van der Waals surface area contributed by atoms with Crippen LogP contribution in [-0.4, -0.2) is 9.04 Å². The van der Waals surface area contributed by atoms with Gasteiger partial charge in [0.05, 0.1) is 6.26 Å². The van der Waals surface area contributed by atoms with Crippen LogP contribution < -0.4 is 24.8 Å². The van der Waals surface area contributed by atoms with E-state index >= 15 is 0 Å². The Hall–Kier alpha value is 0.660. The van der Waals surface area contributed by atoms with Gasteiger partial charge in [0, 0.05) is 12.0 Å². The molecule has 0 radical (unpaired) electrons. The van der Waals surface area contributed by atoms with Gasteiger partial charge in [0.15, 0.2) is 0 Å². The van der Waals surface area contributed by atoms with Crippen molar-refractivity contribution in [3.05, 3.63) is 29.2 Å². The largest absolute Gasteiger partial charge is 1.00 e. The zero-order chi connectivity index (χ0) is 10.6. The molecule has 0 saturated carbocycles. The van der Waals surface area contributed by atoms with E-state index in [0.29, 0.717) is 0 Å². The summed E-state index contributed by atoms with van der Waals surface area (Å²) in [6, 6.07) is 2.01. The van der Waals surface area contributed by atoms with Crippen LogP contribution in [0.5, 0.6) is 0 Å². The molecule has 0 aromatic carbocycles. The molecule has 1 aliphatic rings. The fraction of sp³-hybridized carbons (Fsp3) is 0.400. The molecule has 16 heavy (non-hydrogen) atoms. The van der Waals surface area contributed by atoms with E-state index in [1.165, 1.54) is 36.3 Å². The molecule has 6 heteroatoms. The second-order valence-corrected chi connectivity index (χ2v) is 7.70. The topological polar surface area (TPSA) is 22.4 Å². The van der Waals surface area contributed by atoms with Gasteiger partial charge in [-0.15, -0.1) is 0 Å². The van der Waals surface area contributed by atoms with Crippen molar-refractivity contribution >= 4 is 15.1 Å². The molecule has 2 nitrogen and oxygen atoms in total. The fourth-order valence-electron chi connectivity index (χ4n) is 1.19. The number of halogens is 2. The van der Waals surface area contributed by atoms with Crippen molar-refractivity contribution in [3.8, 4) is 0 Å². The Morgan fingerprint density at radius 3 is 2.38 bits per heavy atom. The standard InChI is InChI=1S/C8H8O.C2H7OSi.2ClH.Zr/c1-6-4-7-2-3-9-8(7)5-6;1-4(2)3;;;/h2-4H,5H2,1H3;4H,1-2H3;2*1H;/q;-1;;;+3/p-2. The first-order valence-corrected chi connectivity index (χ1v) is 8.48. The first-order chi connectivity index (χ1) is 6.63. The van der Waals surface area contributed by atoms with Crippen molar-refractivity contribution in [1.82, 2.24) is 0 Å². The number of fused-ring (bicyclic) bond motifs is 1. The smallest absolute Gasteiger partial charge is 1.00 e. The van der Waals surface area contributed by atoms with E-state index in [0.717, 1.165) is 12.2 Å². The van der Waals surface area contributed by atoms with Gasteiger partial charge in [0.2, 0.25) is 0 Å². The summed E-state index contributed by atoms with van der Waals surface area (Å²) < 4.78 is 10.2. The van der Waals surface area contributed by atoms with Gasteiger partial charge in [-0.05, 0) is 13.0 Å². The van der Waals surface area contributed by atoms with Crippen molar-refractivity contribution < 1.29 is 56.9 Å². The van der Waals surface area contributed by atoms with Crippen molar-refractivity contribution in [2.24, 2.45) is 0 Å². The molecule has 1 heterocycles. The molecule has 2 rings (SSSR count). The van der Waals surface area contributed by atoms with Crippen LogP contribution in [0.4, 0.5) is 0 Å². The van der Waals surface area contributed by atoms with Crippen LogP contribution in [0.2, 0.25) is 13.1 Å². The van der Waals surface area contributed by atoms with Gasteiger partial charge in [0.25, 0.3) is 0 Å². The maximum absolute atomic E-state index is 5.19. The first kappa shape index (κ1) is 19.0. The molecule has 1 aliphatic carbocycles. The zero-order valence-electron chi connectivity index (χ0n) is 9.59. The summed E-state index contributed by atoms with van der Waals surface area (Å²) in [5, 5.41) is 0. The Balaban J connectivity index is 0. The molecule has 89 valence electrons. The quantitative estimate of drug-likeness (QED) is 0.492. The summed E-state index contributed by atoms with van der Waals surface area (Å²) >= 11 is 1.23. The molecule has 0 amide bonds. The van der Waals surface area contributed by atoms with Crippen LogP contribution in [0.3, 0.4) is 0 Å². The van der Waals surface area contributed by atoms with E-state index in [2.05, 4.69) is 26.1 Å². The SMILES string of the molecule is CC1=Cc2ccoc2C1.C[SiH](C)[O][Zr+2].[Cl-].[Cl-]. The molecule has 0 saturated heterocycles. The number of hydrogen-bond donors (Lipinski definition) is 0. The monoisotopic (exact) mass is 355 g/mol. The molecule has 0 fully saturated rings. The molecular weight excluding hydrogens is 342 g/mol. The third-order valence-corrected chi connectivity index (χ3v) is 5.80. The van der Waals surface area contributed by atoms with E-state index in [1.807, 2.05) is 6.07 Å². The molecular formula is C10H15Cl2O2SiZr. The summed E-state index contributed by atoms with van der Waals surface area (Å²) in [5.41, 5.74) is 2.65. The fourth-order valence-corrected chi connectivity index (χ4v) is 1.19. The van der Waals surface area contributed by atoms with Crippen LogP contribution in [0.15, 0.2) is 22.3 Å². The average molecular weight is 357 g/mol. The minimum Gasteiger partial charge on any atom is -1.00 e. The van der Waals surface area contributed by atoms with Gasteiger partial charge in [-0.25, -0.2) is 0 Å². The Morgan fingerprint density at radius 2 is 1.94 bits per heavy atom. The van der Waals surface area contributed by atoms with E-state index in [1.54, 1.807) is 6.26 Å². The van der Waals surface area contributed by atoms with Crippen LogP contribution in [-0.2, 0) is 34.1 Å². The maximum Gasteiger partial charge on any atom is -1.00 e. The number of allylic oxidation sites excluding steroid dienone is 1. The molecule has 1 aromatic heterocycles. The summed E-state index contributed by atoms with van der Waals surface area (Å²) in [7, 11) is -0.610. The molecule has 0 bridgehead atoms. The van der Waals surface area contributed by atoms with Crippen molar-refractivity contribution in [3.63, 3.8) is 0 Å². The van der Waals surface area contributed by atoms with Crippen LogP contribution in [0.25, 0.3) is 6.08 Å². The van der Waals surface area contributed by atoms with Gasteiger partial charge in [-0.1, -0.05) is 11.6 Å². The molecule has 0 atom stereocenters. The van der Waals surface area contributed by atoms with Crippen molar-refractivity contribution in [2.75, 3.05) is 0 Å². The minimum atomic E-state index is -0.610. The van der Waals surface area contributed by atoms with E-state index in [-0.39, 0.29) is 24.8 Å². The number of hydrogen-bond acceptors (Lipinski definition) is 2. The summed E-state index contributed by atoms with van der Waals surface area (Å²) in [6.45, 7) is 6.44. The normalized spacial score (nSPS) is 11.8. The summed E-state index contributed by atoms with van der Waals surface area (Å²) in [6.07, 6.45) is 4.91.